The number of nitrogens with two attached hydrogens (primary N) is 2. The second kappa shape index (κ2) is 9.51. The Labute approximate surface area is 116 Å². The highest BCUT2D eigenvalue weighted by atomic mass is 16.4. The minimum Gasteiger partial charge on any atom is -0.481 e. The smallest absolute Gasteiger partial charge is 0.320 e. The average Bonchev–Trinajstić information content (AvgIpc) is 2.37. The van der Waals surface area contributed by atoms with Gasteiger partial charge in [0.05, 0.1) is 6.42 Å². The maximum Gasteiger partial charge on any atom is 0.320 e. The number of carboxylic acid groups (broad SMARTS) is 2. The van der Waals surface area contributed by atoms with Crippen molar-refractivity contribution in [3.8, 4) is 0 Å². The van der Waals surface area contributed by atoms with Crippen molar-refractivity contribution in [2.75, 3.05) is 0 Å². The number of amides is 1. The van der Waals surface area contributed by atoms with Crippen molar-refractivity contribution in [2.45, 2.75) is 25.3 Å². The molecular formula is C13H18N2O5. The summed E-state index contributed by atoms with van der Waals surface area (Å²) in [7, 11) is 0. The fraction of sp³-hybridized carbons (Fsp3) is 0.308. The molecule has 6 N–H and O–H groups in total. The molecule has 0 bridgehead atoms. The van der Waals surface area contributed by atoms with E-state index in [1.807, 2.05) is 18.2 Å². The van der Waals surface area contributed by atoms with Crippen LogP contribution in [-0.2, 0) is 20.8 Å². The first-order valence-electron chi connectivity index (χ1n) is 5.85. The predicted molar refractivity (Wildman–Crippen MR) is 71.8 cm³/mol. The van der Waals surface area contributed by atoms with E-state index in [-0.39, 0.29) is 19.3 Å². The van der Waals surface area contributed by atoms with Gasteiger partial charge < -0.3 is 21.7 Å². The van der Waals surface area contributed by atoms with Crippen molar-refractivity contribution in [1.82, 2.24) is 0 Å². The largest absolute Gasteiger partial charge is 0.481 e. The molecule has 1 aromatic carbocycles. The van der Waals surface area contributed by atoms with Gasteiger partial charge in [-0.25, -0.2) is 0 Å². The SMILES string of the molecule is NC(=O)CC[C@H](N)C(=O)O.O=C(O)Cc1ccccc1. The van der Waals surface area contributed by atoms with Crippen LogP contribution < -0.4 is 11.5 Å². The molecule has 0 aliphatic heterocycles. The molecule has 1 atom stereocenters. The Hall–Kier alpha value is -2.41. The molecule has 7 nitrogen and oxygen atoms in total. The molecule has 1 rings (SSSR count). The lowest BCUT2D eigenvalue weighted by atomic mass is 10.2. The number of carboxylic acids is 2. The lowest BCUT2D eigenvalue weighted by molar-refractivity contribution is -0.139. The van der Waals surface area contributed by atoms with E-state index >= 15 is 0 Å². The zero-order valence-electron chi connectivity index (χ0n) is 10.9. The van der Waals surface area contributed by atoms with Crippen LogP contribution in [0.2, 0.25) is 0 Å². The first-order chi connectivity index (χ1) is 9.32. The first-order valence-corrected chi connectivity index (χ1v) is 5.85. The summed E-state index contributed by atoms with van der Waals surface area (Å²) in [5, 5.41) is 16.6. The van der Waals surface area contributed by atoms with Crippen LogP contribution in [0.5, 0.6) is 0 Å². The number of aliphatic carboxylic acids is 2. The van der Waals surface area contributed by atoms with Gasteiger partial charge >= 0.3 is 11.9 Å². The fourth-order valence-corrected chi connectivity index (χ4v) is 1.19. The molecule has 0 spiro atoms. The van der Waals surface area contributed by atoms with Crippen LogP contribution in [0.4, 0.5) is 0 Å². The summed E-state index contributed by atoms with van der Waals surface area (Å²) < 4.78 is 0. The monoisotopic (exact) mass is 282 g/mol. The summed E-state index contributed by atoms with van der Waals surface area (Å²) in [5.74, 6) is -2.43. The van der Waals surface area contributed by atoms with E-state index in [9.17, 15) is 14.4 Å². The van der Waals surface area contributed by atoms with E-state index < -0.39 is 23.9 Å². The summed E-state index contributed by atoms with van der Waals surface area (Å²) in [6, 6.07) is 8.15. The second-order valence-electron chi connectivity index (χ2n) is 4.01. The zero-order chi connectivity index (χ0) is 15.5. The van der Waals surface area contributed by atoms with Crippen LogP contribution in [0.3, 0.4) is 0 Å². The molecule has 0 unspecified atom stereocenters. The Bertz CT molecular complexity index is 447. The fourth-order valence-electron chi connectivity index (χ4n) is 1.19. The van der Waals surface area contributed by atoms with E-state index in [0.29, 0.717) is 0 Å². The summed E-state index contributed by atoms with van der Waals surface area (Å²) >= 11 is 0. The van der Waals surface area contributed by atoms with E-state index in [4.69, 9.17) is 21.7 Å². The van der Waals surface area contributed by atoms with E-state index in [1.165, 1.54) is 0 Å². The molecule has 110 valence electrons. The number of rotatable bonds is 6. The first kappa shape index (κ1) is 17.6. The molecule has 0 aliphatic rings. The molecule has 0 fully saturated rings. The number of carbonyl (C=O) groups excluding carboxylic acids is 1. The van der Waals surface area contributed by atoms with Crippen molar-refractivity contribution in [2.24, 2.45) is 11.5 Å². The van der Waals surface area contributed by atoms with Crippen molar-refractivity contribution in [3.05, 3.63) is 35.9 Å². The van der Waals surface area contributed by atoms with Gasteiger partial charge in [-0.15, -0.1) is 0 Å². The summed E-state index contributed by atoms with van der Waals surface area (Å²) in [6.45, 7) is 0. The lowest BCUT2D eigenvalue weighted by Gasteiger charge is -2.01. The number of carbonyl (C=O) groups is 3. The quantitative estimate of drug-likeness (QED) is 0.577. The molecule has 0 aliphatic carbocycles. The highest BCUT2D eigenvalue weighted by Gasteiger charge is 2.11. The molecule has 0 heterocycles. The Morgan fingerprint density at radius 1 is 1.10 bits per heavy atom. The van der Waals surface area contributed by atoms with Crippen molar-refractivity contribution >= 4 is 17.8 Å². The van der Waals surface area contributed by atoms with Gasteiger partial charge in [0.1, 0.15) is 6.04 Å². The van der Waals surface area contributed by atoms with Gasteiger partial charge in [-0.1, -0.05) is 30.3 Å². The molecule has 0 saturated heterocycles. The maximum absolute atomic E-state index is 10.2. The van der Waals surface area contributed by atoms with Gasteiger partial charge in [0.2, 0.25) is 5.91 Å². The Morgan fingerprint density at radius 3 is 2.05 bits per heavy atom. The summed E-state index contributed by atoms with van der Waals surface area (Å²) in [5.41, 5.74) is 10.7. The van der Waals surface area contributed by atoms with Crippen LogP contribution in [0.15, 0.2) is 30.3 Å². The normalized spacial score (nSPS) is 10.8. The highest BCUT2D eigenvalue weighted by molar-refractivity contribution is 5.77. The standard InChI is InChI=1S/C8H8O2.C5H10N2O3/c9-8(10)6-7-4-2-1-3-5-7;6-3(5(9)10)1-2-4(7)8/h1-5H,6H2,(H,9,10);3H,1-2,6H2,(H2,7,8)(H,9,10)/t;3-/m.0/s1. The Kier molecular flexibility index (Phi) is 8.36. The van der Waals surface area contributed by atoms with Crippen LogP contribution >= 0.6 is 0 Å². The third kappa shape index (κ3) is 9.60. The van der Waals surface area contributed by atoms with Gasteiger partial charge in [-0.05, 0) is 12.0 Å². The molecular weight excluding hydrogens is 264 g/mol. The third-order valence-corrected chi connectivity index (χ3v) is 2.22. The minimum absolute atomic E-state index is 0.0213. The molecule has 20 heavy (non-hydrogen) atoms. The predicted octanol–water partition coefficient (Wildman–Crippen LogP) is -0.0225. The Morgan fingerprint density at radius 2 is 1.65 bits per heavy atom. The van der Waals surface area contributed by atoms with Gasteiger partial charge in [0.15, 0.2) is 0 Å². The molecule has 1 amide bonds. The van der Waals surface area contributed by atoms with Crippen molar-refractivity contribution < 1.29 is 24.6 Å². The van der Waals surface area contributed by atoms with Gasteiger partial charge in [-0.2, -0.15) is 0 Å². The molecule has 0 saturated carbocycles. The van der Waals surface area contributed by atoms with Gasteiger partial charge in [0, 0.05) is 6.42 Å². The topological polar surface area (TPSA) is 144 Å². The van der Waals surface area contributed by atoms with E-state index in [2.05, 4.69) is 0 Å². The zero-order valence-corrected chi connectivity index (χ0v) is 10.9. The lowest BCUT2D eigenvalue weighted by Crippen LogP contribution is -2.31. The molecule has 0 radical (unpaired) electrons. The minimum atomic E-state index is -1.11. The van der Waals surface area contributed by atoms with Gasteiger partial charge in [-0.3, -0.25) is 14.4 Å². The average molecular weight is 282 g/mol. The number of primary amides is 1. The van der Waals surface area contributed by atoms with E-state index in [0.717, 1.165) is 5.56 Å². The Balaban J connectivity index is 0.000000361. The molecule has 1 aromatic rings. The number of benzene rings is 1. The van der Waals surface area contributed by atoms with Crippen molar-refractivity contribution in [3.63, 3.8) is 0 Å². The highest BCUT2D eigenvalue weighted by Crippen LogP contribution is 1.98. The molecule has 0 aromatic heterocycles. The molecule has 7 heteroatoms. The van der Waals surface area contributed by atoms with Gasteiger partial charge in [0.25, 0.3) is 0 Å². The summed E-state index contributed by atoms with van der Waals surface area (Å²) in [6.07, 6.45) is 0.235. The summed E-state index contributed by atoms with van der Waals surface area (Å²) in [4.78, 5) is 30.3. The number of hydrogen-bond donors (Lipinski definition) is 4. The van der Waals surface area contributed by atoms with Crippen LogP contribution in [0, 0.1) is 0 Å². The number of hydrogen-bond acceptors (Lipinski definition) is 4. The van der Waals surface area contributed by atoms with E-state index in [1.54, 1.807) is 12.1 Å². The maximum atomic E-state index is 10.2. The third-order valence-electron chi connectivity index (χ3n) is 2.22. The van der Waals surface area contributed by atoms with Crippen LogP contribution in [0.25, 0.3) is 0 Å². The van der Waals surface area contributed by atoms with Crippen LogP contribution in [0.1, 0.15) is 18.4 Å². The van der Waals surface area contributed by atoms with Crippen molar-refractivity contribution in [1.29, 1.82) is 0 Å². The second-order valence-corrected chi connectivity index (χ2v) is 4.01. The van der Waals surface area contributed by atoms with Crippen LogP contribution in [-0.4, -0.2) is 34.1 Å².